The summed E-state index contributed by atoms with van der Waals surface area (Å²) >= 11 is 0. The van der Waals surface area contributed by atoms with Crippen LogP contribution in [0.3, 0.4) is 0 Å². The third kappa shape index (κ3) is 4.13. The van der Waals surface area contributed by atoms with E-state index in [2.05, 4.69) is 4.98 Å². The van der Waals surface area contributed by atoms with E-state index < -0.39 is 17.7 Å². The van der Waals surface area contributed by atoms with Crippen LogP contribution in [0.5, 0.6) is 0 Å². The van der Waals surface area contributed by atoms with Crippen LogP contribution in [-0.4, -0.2) is 31.6 Å². The molecule has 146 valence electrons. The first-order chi connectivity index (χ1) is 12.4. The van der Waals surface area contributed by atoms with Crippen molar-refractivity contribution in [2.45, 2.75) is 6.18 Å². The summed E-state index contributed by atoms with van der Waals surface area (Å²) in [4.78, 5) is 15.6. The smallest absolute Gasteiger partial charge is 0.870 e. The molecule has 0 aliphatic carbocycles. The van der Waals surface area contributed by atoms with Crippen LogP contribution in [0, 0.1) is 0 Å². The molecule has 0 unspecified atom stereocenters. The summed E-state index contributed by atoms with van der Waals surface area (Å²) in [7, 11) is 0. The Kier molecular flexibility index (Phi) is 7.24. The summed E-state index contributed by atoms with van der Waals surface area (Å²) in [5.74, 6) is -1.07. The second kappa shape index (κ2) is 8.67. The summed E-state index contributed by atoms with van der Waals surface area (Å²) in [6, 6.07) is 12.0. The maximum absolute atomic E-state index is 12.9. The van der Waals surface area contributed by atoms with Gasteiger partial charge in [0.1, 0.15) is 0 Å². The number of carboxylic acids is 1. The van der Waals surface area contributed by atoms with Crippen LogP contribution in [0.25, 0.3) is 27.5 Å². The number of pyridine rings is 1. The number of aromatic nitrogens is 2. The van der Waals surface area contributed by atoms with E-state index in [1.807, 2.05) is 0 Å². The second-order valence-electron chi connectivity index (χ2n) is 5.79. The van der Waals surface area contributed by atoms with E-state index in [1.165, 1.54) is 18.5 Å². The van der Waals surface area contributed by atoms with Crippen molar-refractivity contribution in [2.75, 3.05) is 0 Å². The summed E-state index contributed by atoms with van der Waals surface area (Å²) in [5.41, 5.74) is 0.743. The molecule has 2 heterocycles. The first-order valence-corrected chi connectivity index (χ1v) is 7.66. The van der Waals surface area contributed by atoms with E-state index in [4.69, 9.17) is 0 Å². The Morgan fingerprint density at radius 1 is 1.03 bits per heavy atom. The molecule has 2 aromatic carbocycles. The summed E-state index contributed by atoms with van der Waals surface area (Å²) in [6.07, 6.45) is -1.57. The fraction of sp³-hybridized carbons (Fsp3) is 0.0526. The SMILES string of the molecule is O.O=C(O)c1cn(-c2ccnc3cc(C(F)(F)F)ccc23)c2ccccc12.[Li+].[OH-]. The summed E-state index contributed by atoms with van der Waals surface area (Å²) < 4.78 is 40.5. The third-order valence-electron chi connectivity index (χ3n) is 4.25. The number of carboxylic acid groups (broad SMARTS) is 1. The molecule has 0 saturated carbocycles. The zero-order valence-corrected chi connectivity index (χ0v) is 15.1. The molecule has 0 aliphatic heterocycles. The first-order valence-electron chi connectivity index (χ1n) is 7.66. The molecule has 4 aromatic rings. The van der Waals surface area contributed by atoms with E-state index >= 15 is 0 Å². The maximum atomic E-state index is 12.9. The van der Waals surface area contributed by atoms with E-state index in [0.717, 1.165) is 12.1 Å². The van der Waals surface area contributed by atoms with Gasteiger partial charge in [-0.1, -0.05) is 24.3 Å². The van der Waals surface area contributed by atoms with Crippen molar-refractivity contribution >= 4 is 27.8 Å². The standard InChI is InChI=1S/C19H11F3N2O2.Li.2H2O/c20-19(21,22)11-5-6-13-15(9-11)23-8-7-17(13)24-10-14(18(25)26)12-3-1-2-4-16(12)24;;;/h1-10H,(H,25,26);;2*1H2/q;+1;;/p-1. The Labute approximate surface area is 174 Å². The Hall–Kier alpha value is -2.83. The molecular weight excluding hydrogens is 384 g/mol. The topological polar surface area (TPSA) is 117 Å². The van der Waals surface area contributed by atoms with Crippen LogP contribution in [0.15, 0.2) is 60.9 Å². The van der Waals surface area contributed by atoms with E-state index in [9.17, 15) is 23.1 Å². The number of alkyl halides is 3. The molecule has 4 rings (SSSR count). The molecule has 0 spiro atoms. The van der Waals surface area contributed by atoms with Gasteiger partial charge in [-0.15, -0.1) is 0 Å². The maximum Gasteiger partial charge on any atom is 1.00 e. The van der Waals surface area contributed by atoms with Crippen LogP contribution in [0.2, 0.25) is 0 Å². The predicted octanol–water partition coefficient (Wildman–Crippen LogP) is 0.898. The average molecular weight is 398 g/mol. The van der Waals surface area contributed by atoms with Crippen LogP contribution < -0.4 is 18.9 Å². The predicted molar refractivity (Wildman–Crippen MR) is 96.1 cm³/mol. The molecule has 0 fully saturated rings. The van der Waals surface area contributed by atoms with Gasteiger partial charge in [0.05, 0.1) is 27.8 Å². The molecule has 0 bridgehead atoms. The molecule has 6 nitrogen and oxygen atoms in total. The van der Waals surface area contributed by atoms with Crippen molar-refractivity contribution in [3.05, 3.63) is 72.1 Å². The Balaban J connectivity index is 0.00000140. The minimum absolute atomic E-state index is 0. The molecule has 0 saturated heterocycles. The van der Waals surface area contributed by atoms with Gasteiger partial charge in [0.25, 0.3) is 0 Å². The van der Waals surface area contributed by atoms with E-state index in [0.29, 0.717) is 22.0 Å². The molecule has 0 aliphatic rings. The molecule has 0 atom stereocenters. The number of fused-ring (bicyclic) bond motifs is 2. The second-order valence-corrected chi connectivity index (χ2v) is 5.79. The van der Waals surface area contributed by atoms with Gasteiger partial charge in [-0.3, -0.25) is 4.98 Å². The number of hydrogen-bond donors (Lipinski definition) is 1. The fourth-order valence-electron chi connectivity index (χ4n) is 3.07. The molecule has 10 heteroatoms. The molecule has 0 radical (unpaired) electrons. The van der Waals surface area contributed by atoms with Crippen molar-refractivity contribution in [1.82, 2.24) is 9.55 Å². The molecule has 0 amide bonds. The Morgan fingerprint density at radius 2 is 1.72 bits per heavy atom. The van der Waals surface area contributed by atoms with Gasteiger partial charge in [0.15, 0.2) is 0 Å². The fourth-order valence-corrected chi connectivity index (χ4v) is 3.07. The van der Waals surface area contributed by atoms with Crippen LogP contribution in [0.1, 0.15) is 15.9 Å². The Bertz CT molecular complexity index is 1180. The molecule has 2 aromatic heterocycles. The molecular formula is C19H14F3LiN2O4. The monoisotopic (exact) mass is 398 g/mol. The van der Waals surface area contributed by atoms with Crippen LogP contribution in [0.4, 0.5) is 13.2 Å². The molecule has 29 heavy (non-hydrogen) atoms. The normalized spacial score (nSPS) is 10.7. The minimum Gasteiger partial charge on any atom is -0.870 e. The minimum atomic E-state index is -4.46. The van der Waals surface area contributed by atoms with Gasteiger partial charge in [-0.05, 0) is 24.3 Å². The van der Waals surface area contributed by atoms with E-state index in [1.54, 1.807) is 34.9 Å². The van der Waals surface area contributed by atoms with Crippen LogP contribution >= 0.6 is 0 Å². The zero-order chi connectivity index (χ0) is 18.5. The quantitative estimate of drug-likeness (QED) is 0.505. The van der Waals surface area contributed by atoms with Crippen LogP contribution in [-0.2, 0) is 6.18 Å². The number of hydrogen-bond acceptors (Lipinski definition) is 3. The van der Waals surface area contributed by atoms with Gasteiger partial charge >= 0.3 is 31.0 Å². The number of aromatic carboxylic acids is 1. The van der Waals surface area contributed by atoms with Crippen molar-refractivity contribution in [3.63, 3.8) is 0 Å². The largest absolute Gasteiger partial charge is 1.00 e. The summed E-state index contributed by atoms with van der Waals surface area (Å²) in [5, 5.41) is 10.5. The Morgan fingerprint density at radius 3 is 2.38 bits per heavy atom. The number of carbonyl (C=O) groups is 1. The zero-order valence-electron chi connectivity index (χ0n) is 15.1. The van der Waals surface area contributed by atoms with Crippen molar-refractivity contribution in [1.29, 1.82) is 0 Å². The van der Waals surface area contributed by atoms with Gasteiger partial charge in [0, 0.05) is 23.2 Å². The number of nitrogens with zero attached hydrogens (tertiary/aromatic N) is 2. The number of rotatable bonds is 2. The van der Waals surface area contributed by atoms with Gasteiger partial charge < -0.3 is 20.6 Å². The van der Waals surface area contributed by atoms with Gasteiger partial charge in [-0.2, -0.15) is 13.2 Å². The number of para-hydroxylation sites is 1. The summed E-state index contributed by atoms with van der Waals surface area (Å²) in [6.45, 7) is 0. The third-order valence-corrected chi connectivity index (χ3v) is 4.25. The van der Waals surface area contributed by atoms with E-state index in [-0.39, 0.29) is 40.9 Å². The number of halogens is 3. The average Bonchev–Trinajstić information content (AvgIpc) is 3.00. The molecule has 4 N–H and O–H groups in total. The van der Waals surface area contributed by atoms with Gasteiger partial charge in [0.2, 0.25) is 0 Å². The first kappa shape index (κ1) is 24.2. The van der Waals surface area contributed by atoms with Gasteiger partial charge in [-0.25, -0.2) is 4.79 Å². The van der Waals surface area contributed by atoms with Crippen molar-refractivity contribution in [3.8, 4) is 5.69 Å². The number of benzene rings is 2. The van der Waals surface area contributed by atoms with Crippen molar-refractivity contribution in [2.24, 2.45) is 0 Å². The van der Waals surface area contributed by atoms with Crippen molar-refractivity contribution < 1.29 is 52.9 Å².